The van der Waals surface area contributed by atoms with Crippen LogP contribution in [0.2, 0.25) is 0 Å². The molecule has 74 valence electrons. The summed E-state index contributed by atoms with van der Waals surface area (Å²) < 4.78 is 0. The van der Waals surface area contributed by atoms with Crippen LogP contribution in [0.5, 0.6) is 0 Å². The summed E-state index contributed by atoms with van der Waals surface area (Å²) in [6.45, 7) is 4.15. The molecule has 1 fully saturated rings. The number of carbonyl (C=O) groups excluding carboxylic acids is 1. The molecule has 0 amide bonds. The van der Waals surface area contributed by atoms with Crippen molar-refractivity contribution in [3.05, 3.63) is 35.4 Å². The lowest BCUT2D eigenvalue weighted by atomic mass is 9.80. The molecule has 0 spiro atoms. The van der Waals surface area contributed by atoms with Crippen LogP contribution in [0.3, 0.4) is 0 Å². The Labute approximate surface area is 85.1 Å². The first-order valence-corrected chi connectivity index (χ1v) is 5.23. The molecule has 1 aliphatic carbocycles. The third-order valence-corrected chi connectivity index (χ3v) is 3.38. The molecule has 1 aromatic rings. The maximum Gasteiger partial charge on any atom is 0.143 e. The second-order valence-electron chi connectivity index (χ2n) is 4.47. The first-order chi connectivity index (χ1) is 6.63. The molecule has 1 saturated carbocycles. The number of ketones is 1. The number of hydrogen-bond donors (Lipinski definition) is 0. The molecule has 0 aromatic heterocycles. The molecule has 0 radical (unpaired) electrons. The number of benzene rings is 1. The highest BCUT2D eigenvalue weighted by Gasteiger charge is 2.38. The zero-order valence-electron chi connectivity index (χ0n) is 8.84. The first-order valence-electron chi connectivity index (χ1n) is 5.23. The summed E-state index contributed by atoms with van der Waals surface area (Å²) in [5.74, 6) is 0.404. The highest BCUT2D eigenvalue weighted by molar-refractivity contribution is 5.91. The summed E-state index contributed by atoms with van der Waals surface area (Å²) in [5, 5.41) is 0. The molecule has 0 saturated heterocycles. The van der Waals surface area contributed by atoms with E-state index in [0.29, 0.717) is 5.78 Å². The van der Waals surface area contributed by atoms with Gasteiger partial charge in [-0.25, -0.2) is 0 Å². The second kappa shape index (κ2) is 3.23. The Bertz CT molecular complexity index is 350. The van der Waals surface area contributed by atoms with E-state index in [1.54, 1.807) is 0 Å². The van der Waals surface area contributed by atoms with Crippen molar-refractivity contribution in [1.82, 2.24) is 0 Å². The van der Waals surface area contributed by atoms with E-state index >= 15 is 0 Å². The van der Waals surface area contributed by atoms with Gasteiger partial charge in [0.25, 0.3) is 0 Å². The molecular weight excluding hydrogens is 172 g/mol. The van der Waals surface area contributed by atoms with Gasteiger partial charge in [0, 0.05) is 6.42 Å². The first kappa shape index (κ1) is 9.45. The average Bonchev–Trinajstić information content (AvgIpc) is 2.49. The number of carbonyl (C=O) groups is 1. The lowest BCUT2D eigenvalue weighted by molar-refractivity contribution is -0.121. The largest absolute Gasteiger partial charge is 0.299 e. The minimum atomic E-state index is -0.201. The van der Waals surface area contributed by atoms with Crippen molar-refractivity contribution in [3.63, 3.8) is 0 Å². The van der Waals surface area contributed by atoms with Crippen LogP contribution in [0.4, 0.5) is 0 Å². The van der Waals surface area contributed by atoms with Crippen molar-refractivity contribution in [1.29, 1.82) is 0 Å². The number of rotatable bonds is 1. The van der Waals surface area contributed by atoms with Crippen molar-refractivity contribution in [2.75, 3.05) is 0 Å². The Balaban J connectivity index is 2.38. The molecule has 0 aliphatic heterocycles. The van der Waals surface area contributed by atoms with Gasteiger partial charge in [-0.1, -0.05) is 29.8 Å². The fourth-order valence-corrected chi connectivity index (χ4v) is 2.24. The molecule has 0 N–H and O–H groups in total. The Morgan fingerprint density at radius 2 is 1.86 bits per heavy atom. The van der Waals surface area contributed by atoms with Crippen molar-refractivity contribution in [3.8, 4) is 0 Å². The van der Waals surface area contributed by atoms with E-state index < -0.39 is 0 Å². The van der Waals surface area contributed by atoms with Gasteiger partial charge in [0.1, 0.15) is 5.78 Å². The molecule has 1 aliphatic rings. The topological polar surface area (TPSA) is 17.1 Å². The van der Waals surface area contributed by atoms with E-state index in [9.17, 15) is 4.79 Å². The zero-order valence-corrected chi connectivity index (χ0v) is 8.84. The van der Waals surface area contributed by atoms with E-state index in [4.69, 9.17) is 0 Å². The maximum atomic E-state index is 11.8. The average molecular weight is 188 g/mol. The molecule has 2 rings (SSSR count). The molecule has 1 heteroatoms. The van der Waals surface area contributed by atoms with Crippen LogP contribution in [-0.2, 0) is 10.2 Å². The lowest BCUT2D eigenvalue weighted by Crippen LogP contribution is -2.26. The standard InChI is InChI=1S/C13H16O/c1-10-5-7-11(8-6-10)13(2)9-3-4-12(13)14/h5-8H,3-4,9H2,1-2H3. The summed E-state index contributed by atoms with van der Waals surface area (Å²) in [7, 11) is 0. The van der Waals surface area contributed by atoms with Gasteiger partial charge in [0.15, 0.2) is 0 Å². The smallest absolute Gasteiger partial charge is 0.143 e. The van der Waals surface area contributed by atoms with Gasteiger partial charge in [-0.15, -0.1) is 0 Å². The second-order valence-corrected chi connectivity index (χ2v) is 4.47. The molecular formula is C13H16O. The van der Waals surface area contributed by atoms with Crippen molar-refractivity contribution >= 4 is 5.78 Å². The molecule has 1 atom stereocenters. The van der Waals surface area contributed by atoms with E-state index in [1.165, 1.54) is 11.1 Å². The van der Waals surface area contributed by atoms with Crippen LogP contribution in [0, 0.1) is 6.92 Å². The molecule has 0 bridgehead atoms. The molecule has 1 aromatic carbocycles. The van der Waals surface area contributed by atoms with Crippen LogP contribution in [0.1, 0.15) is 37.3 Å². The van der Waals surface area contributed by atoms with Gasteiger partial charge in [-0.3, -0.25) is 4.79 Å². The molecule has 0 heterocycles. The van der Waals surface area contributed by atoms with Crippen LogP contribution < -0.4 is 0 Å². The highest BCUT2D eigenvalue weighted by Crippen LogP contribution is 2.37. The Hall–Kier alpha value is -1.11. The van der Waals surface area contributed by atoms with Gasteiger partial charge in [-0.05, 0) is 32.3 Å². The van der Waals surface area contributed by atoms with Gasteiger partial charge in [0.2, 0.25) is 0 Å². The minimum absolute atomic E-state index is 0.201. The summed E-state index contributed by atoms with van der Waals surface area (Å²) in [6, 6.07) is 8.37. The van der Waals surface area contributed by atoms with E-state index in [2.05, 4.69) is 38.1 Å². The quantitative estimate of drug-likeness (QED) is 0.662. The van der Waals surface area contributed by atoms with Gasteiger partial charge >= 0.3 is 0 Å². The van der Waals surface area contributed by atoms with Crippen molar-refractivity contribution in [2.24, 2.45) is 0 Å². The molecule has 1 nitrogen and oxygen atoms in total. The van der Waals surface area contributed by atoms with Gasteiger partial charge in [0.05, 0.1) is 5.41 Å². The summed E-state index contributed by atoms with van der Waals surface area (Å²) in [4.78, 5) is 11.8. The van der Waals surface area contributed by atoms with Crippen LogP contribution in [0.25, 0.3) is 0 Å². The van der Waals surface area contributed by atoms with E-state index in [-0.39, 0.29) is 5.41 Å². The summed E-state index contributed by atoms with van der Waals surface area (Å²) in [5.41, 5.74) is 2.24. The van der Waals surface area contributed by atoms with E-state index in [0.717, 1.165) is 19.3 Å². The number of aryl methyl sites for hydroxylation is 1. The van der Waals surface area contributed by atoms with Gasteiger partial charge < -0.3 is 0 Å². The fraction of sp³-hybridized carbons (Fsp3) is 0.462. The third kappa shape index (κ3) is 1.37. The SMILES string of the molecule is Cc1ccc(C2(C)CCCC2=O)cc1. The normalized spacial score (nSPS) is 26.9. The predicted molar refractivity (Wildman–Crippen MR) is 57.4 cm³/mol. The van der Waals surface area contributed by atoms with Crippen LogP contribution in [-0.4, -0.2) is 5.78 Å². The summed E-state index contributed by atoms with van der Waals surface area (Å²) >= 11 is 0. The third-order valence-electron chi connectivity index (χ3n) is 3.38. The molecule has 1 unspecified atom stereocenters. The van der Waals surface area contributed by atoms with Crippen molar-refractivity contribution in [2.45, 2.75) is 38.5 Å². The maximum absolute atomic E-state index is 11.8. The predicted octanol–water partition coefficient (Wildman–Crippen LogP) is 3.01. The molecule has 14 heavy (non-hydrogen) atoms. The highest BCUT2D eigenvalue weighted by atomic mass is 16.1. The van der Waals surface area contributed by atoms with E-state index in [1.807, 2.05) is 0 Å². The minimum Gasteiger partial charge on any atom is -0.299 e. The number of hydrogen-bond acceptors (Lipinski definition) is 1. The Kier molecular flexibility index (Phi) is 2.18. The zero-order chi connectivity index (χ0) is 10.2. The Morgan fingerprint density at radius 3 is 2.36 bits per heavy atom. The van der Waals surface area contributed by atoms with Gasteiger partial charge in [-0.2, -0.15) is 0 Å². The lowest BCUT2D eigenvalue weighted by Gasteiger charge is -2.22. The monoisotopic (exact) mass is 188 g/mol. The fourth-order valence-electron chi connectivity index (χ4n) is 2.24. The van der Waals surface area contributed by atoms with Crippen molar-refractivity contribution < 1.29 is 4.79 Å². The Morgan fingerprint density at radius 1 is 1.21 bits per heavy atom. The number of Topliss-reactive ketones (excluding diaryl/α,β-unsaturated/α-hetero) is 1. The summed E-state index contributed by atoms with van der Waals surface area (Å²) in [6.07, 6.45) is 2.81. The van der Waals surface area contributed by atoms with Crippen LogP contribution in [0.15, 0.2) is 24.3 Å². The van der Waals surface area contributed by atoms with Crippen LogP contribution >= 0.6 is 0 Å².